The summed E-state index contributed by atoms with van der Waals surface area (Å²) >= 11 is 0. The summed E-state index contributed by atoms with van der Waals surface area (Å²) in [5.74, 6) is -1.23. The molecule has 11 nitrogen and oxygen atoms in total. The number of hydrogen-bond donors (Lipinski definition) is 9. The Morgan fingerprint density at radius 1 is 0.579 bits per heavy atom. The van der Waals surface area contributed by atoms with Gasteiger partial charge < -0.3 is 50.7 Å². The van der Waals surface area contributed by atoms with Gasteiger partial charge in [0.25, 0.3) is 0 Å². The summed E-state index contributed by atoms with van der Waals surface area (Å²) in [6, 6.07) is 0. The largest absolute Gasteiger partial charge is 0.510 e. The molecule has 0 amide bonds. The predicted molar refractivity (Wildman–Crippen MR) is 138 cm³/mol. The molecule has 0 aromatic heterocycles. The molecule has 0 aromatic rings. The Hall–Kier alpha value is -2.35. The number of carbonyl (C=O) groups excluding carboxylic acids is 1. The number of ether oxygens (including phenoxy) is 1. The number of allylic oxidation sites excluding steroid dienone is 8. The molecule has 38 heavy (non-hydrogen) atoms. The average Bonchev–Trinajstić information content (AvgIpc) is 2.78. The van der Waals surface area contributed by atoms with Crippen LogP contribution in [0.2, 0.25) is 0 Å². The van der Waals surface area contributed by atoms with Gasteiger partial charge in [-0.05, 0) is 38.2 Å². The maximum absolute atomic E-state index is 11.9. The highest BCUT2D eigenvalue weighted by atomic mass is 16.6. The molecular weight excluding hydrogens is 500 g/mol. The van der Waals surface area contributed by atoms with Crippen LogP contribution in [0.3, 0.4) is 0 Å². The van der Waals surface area contributed by atoms with Gasteiger partial charge in [0.05, 0.1) is 43.0 Å². The van der Waals surface area contributed by atoms with Crippen LogP contribution in [0, 0.1) is 0 Å². The van der Waals surface area contributed by atoms with E-state index in [2.05, 4.69) is 0 Å². The van der Waals surface area contributed by atoms with E-state index in [1.165, 1.54) is 12.2 Å². The molecule has 1 heterocycles. The first-order valence-corrected chi connectivity index (χ1v) is 12.7. The van der Waals surface area contributed by atoms with E-state index in [-0.39, 0.29) is 50.7 Å². The van der Waals surface area contributed by atoms with Gasteiger partial charge in [-0.15, -0.1) is 0 Å². The van der Waals surface area contributed by atoms with E-state index in [1.54, 1.807) is 42.5 Å². The first kappa shape index (κ1) is 33.7. The van der Waals surface area contributed by atoms with Crippen molar-refractivity contribution in [3.05, 3.63) is 60.4 Å². The zero-order valence-electron chi connectivity index (χ0n) is 21.3. The lowest BCUT2D eigenvalue weighted by Crippen LogP contribution is -2.30. The Balaban J connectivity index is 2.83. The van der Waals surface area contributed by atoms with E-state index in [0.29, 0.717) is 0 Å². The highest BCUT2D eigenvalue weighted by molar-refractivity contribution is 5.70. The van der Waals surface area contributed by atoms with Crippen LogP contribution in [0.15, 0.2) is 60.4 Å². The normalized spacial score (nSPS) is 39.4. The SMILES string of the molecule is O=C1CC(O)CC(O)CC(O)CC(O)CC(O)CC(O)CC(O)/C(O)=C/C=C/C=C/C=C\C=C\CC(O)O1. The molecule has 1 rings (SSSR count). The molecule has 0 bridgehead atoms. The fourth-order valence-corrected chi connectivity index (χ4v) is 3.81. The molecule has 9 N–H and O–H groups in total. The monoisotopic (exact) mass is 542 g/mol. The third-order valence-corrected chi connectivity index (χ3v) is 5.63. The third-order valence-electron chi connectivity index (χ3n) is 5.63. The Morgan fingerprint density at radius 3 is 1.53 bits per heavy atom. The van der Waals surface area contributed by atoms with Crippen molar-refractivity contribution in [1.82, 2.24) is 0 Å². The van der Waals surface area contributed by atoms with Gasteiger partial charge in [0.1, 0.15) is 11.9 Å². The van der Waals surface area contributed by atoms with E-state index in [0.717, 1.165) is 0 Å². The molecular formula is C27H42O11. The van der Waals surface area contributed by atoms with Crippen molar-refractivity contribution in [2.75, 3.05) is 0 Å². The minimum atomic E-state index is -1.41. The Kier molecular flexibility index (Phi) is 16.7. The standard InChI is InChI=1S/C27H42O11/c28-18-11-19(29)13-21(31)15-23(33)17-27(37)38-26(36)10-8-6-4-2-1-3-5-7-9-24(34)25(35)16-22(32)14-20(30)12-18/h1-9,18-23,25-26,28-36H,10-17H2/b3-1+,4-2-,7-5+,8-6+,24-9-. The molecule has 0 aliphatic carbocycles. The van der Waals surface area contributed by atoms with Gasteiger partial charge in [0.2, 0.25) is 6.29 Å². The predicted octanol–water partition coefficient (Wildman–Crippen LogP) is 0.175. The van der Waals surface area contributed by atoms with Crippen molar-refractivity contribution in [1.29, 1.82) is 0 Å². The minimum Gasteiger partial charge on any atom is -0.510 e. The minimum absolute atomic E-state index is 0.0166. The Labute approximate surface area is 222 Å². The Morgan fingerprint density at radius 2 is 1.00 bits per heavy atom. The number of hydrogen-bond acceptors (Lipinski definition) is 11. The summed E-state index contributed by atoms with van der Waals surface area (Å²) in [4.78, 5) is 11.9. The van der Waals surface area contributed by atoms with Crippen LogP contribution >= 0.6 is 0 Å². The molecule has 0 radical (unpaired) electrons. The smallest absolute Gasteiger partial charge is 0.310 e. The summed E-state index contributed by atoms with van der Waals surface area (Å²) in [6.45, 7) is 0. The number of esters is 1. The van der Waals surface area contributed by atoms with Crippen LogP contribution in [0.4, 0.5) is 0 Å². The van der Waals surface area contributed by atoms with Gasteiger partial charge in [-0.1, -0.05) is 48.6 Å². The first-order valence-electron chi connectivity index (χ1n) is 12.7. The molecule has 1 aliphatic rings. The van der Waals surface area contributed by atoms with Crippen molar-refractivity contribution >= 4 is 5.97 Å². The number of carbonyl (C=O) groups is 1. The third kappa shape index (κ3) is 16.5. The van der Waals surface area contributed by atoms with Gasteiger partial charge >= 0.3 is 5.97 Å². The van der Waals surface area contributed by atoms with E-state index in [9.17, 15) is 50.8 Å². The van der Waals surface area contributed by atoms with Gasteiger partial charge in [0.15, 0.2) is 0 Å². The second-order valence-corrected chi connectivity index (χ2v) is 9.41. The van der Waals surface area contributed by atoms with E-state index in [4.69, 9.17) is 4.74 Å². The first-order chi connectivity index (χ1) is 18.0. The van der Waals surface area contributed by atoms with Crippen LogP contribution in [-0.4, -0.2) is 101 Å². The molecule has 0 fully saturated rings. The molecule has 8 atom stereocenters. The van der Waals surface area contributed by atoms with Crippen molar-refractivity contribution < 1.29 is 55.5 Å². The maximum atomic E-state index is 11.9. The summed E-state index contributed by atoms with van der Waals surface area (Å²) in [5.41, 5.74) is 0. The van der Waals surface area contributed by atoms with Crippen molar-refractivity contribution in [2.24, 2.45) is 0 Å². The van der Waals surface area contributed by atoms with Crippen molar-refractivity contribution in [3.8, 4) is 0 Å². The van der Waals surface area contributed by atoms with Crippen LogP contribution < -0.4 is 0 Å². The lowest BCUT2D eigenvalue weighted by molar-refractivity contribution is -0.169. The van der Waals surface area contributed by atoms with Gasteiger partial charge in [-0.25, -0.2) is 0 Å². The fourth-order valence-electron chi connectivity index (χ4n) is 3.81. The zero-order chi connectivity index (χ0) is 28.5. The molecule has 0 saturated carbocycles. The molecule has 0 saturated heterocycles. The Bertz CT molecular complexity index is 820. The van der Waals surface area contributed by atoms with Crippen molar-refractivity contribution in [2.45, 2.75) is 100 Å². The van der Waals surface area contributed by atoms with Crippen LogP contribution in [-0.2, 0) is 9.53 Å². The second-order valence-electron chi connectivity index (χ2n) is 9.41. The molecule has 0 spiro atoms. The highest BCUT2D eigenvalue weighted by Gasteiger charge is 2.24. The lowest BCUT2D eigenvalue weighted by atomic mass is 9.96. The van der Waals surface area contributed by atoms with E-state index >= 15 is 0 Å². The summed E-state index contributed by atoms with van der Waals surface area (Å²) in [5, 5.41) is 90.4. The van der Waals surface area contributed by atoms with Crippen LogP contribution in [0.1, 0.15) is 51.4 Å². The number of aliphatic hydroxyl groups is 9. The lowest BCUT2D eigenvalue weighted by Gasteiger charge is -2.23. The maximum Gasteiger partial charge on any atom is 0.310 e. The summed E-state index contributed by atoms with van der Waals surface area (Å²) < 4.78 is 4.81. The average molecular weight is 543 g/mol. The molecule has 1 aliphatic heterocycles. The quantitative estimate of drug-likeness (QED) is 0.189. The number of rotatable bonds is 0. The zero-order valence-corrected chi connectivity index (χ0v) is 21.3. The molecule has 0 aromatic carbocycles. The summed E-state index contributed by atoms with van der Waals surface area (Å²) in [7, 11) is 0. The fraction of sp³-hybridized carbons (Fsp3) is 0.593. The van der Waals surface area contributed by atoms with Gasteiger partial charge in [-0.3, -0.25) is 4.79 Å². The molecule has 216 valence electrons. The molecule has 8 unspecified atom stereocenters. The van der Waals surface area contributed by atoms with Crippen LogP contribution in [0.25, 0.3) is 0 Å². The van der Waals surface area contributed by atoms with E-state index < -0.39 is 61.4 Å². The number of aliphatic hydroxyl groups excluding tert-OH is 9. The topological polar surface area (TPSA) is 208 Å². The van der Waals surface area contributed by atoms with Gasteiger partial charge in [0, 0.05) is 12.8 Å². The van der Waals surface area contributed by atoms with Crippen LogP contribution in [0.5, 0.6) is 0 Å². The molecule has 11 heteroatoms. The van der Waals surface area contributed by atoms with Crippen molar-refractivity contribution in [3.63, 3.8) is 0 Å². The van der Waals surface area contributed by atoms with Gasteiger partial charge in [-0.2, -0.15) is 0 Å². The van der Waals surface area contributed by atoms with E-state index in [1.807, 2.05) is 0 Å². The number of cyclic esters (lactones) is 1. The summed E-state index contributed by atoms with van der Waals surface area (Å²) in [6.07, 6.45) is 2.62. The highest BCUT2D eigenvalue weighted by Crippen LogP contribution is 2.17. The second kappa shape index (κ2) is 18.8.